The summed E-state index contributed by atoms with van der Waals surface area (Å²) in [5, 5.41) is 2.72. The zero-order chi connectivity index (χ0) is 22.4. The molecular weight excluding hydrogens is 356 g/mol. The van der Waals surface area contributed by atoms with Gasteiger partial charge in [-0.25, -0.2) is 0 Å². The summed E-state index contributed by atoms with van der Waals surface area (Å²) in [4.78, 5) is 31.4. The second-order valence-corrected chi connectivity index (χ2v) is 5.21. The SMILES string of the molecule is C=CO/C=C(\C)CNC(=O)C(/C=C\C)=NC.C=O.C=O.Cc1ccc(C)cc1. The van der Waals surface area contributed by atoms with Gasteiger partial charge in [-0.15, -0.1) is 0 Å². The largest absolute Gasteiger partial charge is 0.473 e. The van der Waals surface area contributed by atoms with Gasteiger partial charge in [-0.3, -0.25) is 9.79 Å². The number of nitrogens with zero attached hydrogens (tertiary/aromatic N) is 1. The minimum Gasteiger partial charge on any atom is -0.473 e. The monoisotopic (exact) mass is 388 g/mol. The van der Waals surface area contributed by atoms with Crippen LogP contribution >= 0.6 is 0 Å². The normalized spacial score (nSPS) is 10.2. The standard InChI is InChI=1S/C12H18N2O2.C8H10.2CH2O/c1-5-7-11(13-4)12(15)14-8-10(3)9-16-6-2;1-7-3-5-8(2)6-4-7;2*1-2/h5-7,9H,2,8H2,1,3-4H3,(H,14,15);3-6H,1-2H3;2*1H2/b7-5-,10-9+,13-11?;;;. The summed E-state index contributed by atoms with van der Waals surface area (Å²) in [6.07, 6.45) is 6.29. The number of carbonyl (C=O) groups excluding carboxylic acids is 3. The first-order valence-electron chi connectivity index (χ1n) is 8.35. The molecule has 0 aliphatic carbocycles. The Balaban J connectivity index is -0.000000432. The van der Waals surface area contributed by atoms with Crippen molar-refractivity contribution in [3.8, 4) is 0 Å². The zero-order valence-electron chi connectivity index (χ0n) is 17.5. The van der Waals surface area contributed by atoms with E-state index in [1.807, 2.05) is 27.4 Å². The molecule has 0 bridgehead atoms. The van der Waals surface area contributed by atoms with Gasteiger partial charge < -0.3 is 19.6 Å². The predicted octanol–water partition coefficient (Wildman–Crippen LogP) is 3.75. The maximum Gasteiger partial charge on any atom is 0.269 e. The number of ether oxygens (including phenoxy) is 1. The summed E-state index contributed by atoms with van der Waals surface area (Å²) >= 11 is 0. The molecule has 6 heteroatoms. The van der Waals surface area contributed by atoms with Gasteiger partial charge in [0.2, 0.25) is 0 Å². The van der Waals surface area contributed by atoms with Gasteiger partial charge in [0, 0.05) is 13.6 Å². The van der Waals surface area contributed by atoms with Crippen molar-refractivity contribution in [2.24, 2.45) is 4.99 Å². The molecule has 154 valence electrons. The van der Waals surface area contributed by atoms with Crippen LogP contribution < -0.4 is 5.32 Å². The number of benzene rings is 1. The fraction of sp³-hybridized carbons (Fsp3) is 0.273. The molecule has 0 atom stereocenters. The molecule has 1 rings (SSSR count). The van der Waals surface area contributed by atoms with Gasteiger partial charge in [-0.05, 0) is 39.3 Å². The Labute approximate surface area is 168 Å². The zero-order valence-corrected chi connectivity index (χ0v) is 17.5. The van der Waals surface area contributed by atoms with E-state index < -0.39 is 0 Å². The number of carbonyl (C=O) groups is 3. The van der Waals surface area contributed by atoms with Gasteiger partial charge in [0.1, 0.15) is 19.3 Å². The molecule has 1 N–H and O–H groups in total. The van der Waals surface area contributed by atoms with Crippen LogP contribution in [0.3, 0.4) is 0 Å². The van der Waals surface area contributed by atoms with Gasteiger partial charge >= 0.3 is 0 Å². The van der Waals surface area contributed by atoms with Crippen LogP contribution in [-0.2, 0) is 19.1 Å². The van der Waals surface area contributed by atoms with Crippen molar-refractivity contribution < 1.29 is 19.1 Å². The van der Waals surface area contributed by atoms with Crippen LogP contribution in [-0.4, -0.2) is 38.8 Å². The Hall–Kier alpha value is -3.28. The summed E-state index contributed by atoms with van der Waals surface area (Å²) in [5.74, 6) is -0.202. The van der Waals surface area contributed by atoms with Crippen molar-refractivity contribution in [3.05, 3.63) is 72.2 Å². The highest BCUT2D eigenvalue weighted by Crippen LogP contribution is 1.99. The number of aliphatic imine (C=N–C) groups is 1. The molecule has 0 heterocycles. The summed E-state index contributed by atoms with van der Waals surface area (Å²) in [6.45, 7) is 15.7. The molecule has 1 aromatic carbocycles. The predicted molar refractivity (Wildman–Crippen MR) is 116 cm³/mol. The third kappa shape index (κ3) is 17.5. The van der Waals surface area contributed by atoms with E-state index >= 15 is 0 Å². The van der Waals surface area contributed by atoms with Crippen LogP contribution in [0.2, 0.25) is 0 Å². The van der Waals surface area contributed by atoms with E-state index in [2.05, 4.69) is 55.0 Å². The van der Waals surface area contributed by atoms with E-state index in [4.69, 9.17) is 14.3 Å². The van der Waals surface area contributed by atoms with E-state index in [1.165, 1.54) is 23.7 Å². The summed E-state index contributed by atoms with van der Waals surface area (Å²) in [6, 6.07) is 8.48. The van der Waals surface area contributed by atoms with Crippen LogP contribution in [0.25, 0.3) is 0 Å². The lowest BCUT2D eigenvalue weighted by molar-refractivity contribution is -0.114. The van der Waals surface area contributed by atoms with Crippen molar-refractivity contribution >= 4 is 25.2 Å². The highest BCUT2D eigenvalue weighted by atomic mass is 16.5. The van der Waals surface area contributed by atoms with Crippen LogP contribution in [0, 0.1) is 13.8 Å². The molecule has 0 unspecified atom stereocenters. The molecule has 1 aromatic rings. The van der Waals surface area contributed by atoms with Crippen LogP contribution in [0.15, 0.2) is 66.1 Å². The van der Waals surface area contributed by atoms with Gasteiger partial charge in [-0.2, -0.15) is 0 Å². The average Bonchev–Trinajstić information content (AvgIpc) is 2.74. The number of rotatable bonds is 6. The van der Waals surface area contributed by atoms with Crippen molar-refractivity contribution in [3.63, 3.8) is 0 Å². The summed E-state index contributed by atoms with van der Waals surface area (Å²) in [5.41, 5.74) is 3.95. The average molecular weight is 389 g/mol. The maximum atomic E-state index is 11.6. The lowest BCUT2D eigenvalue weighted by atomic mass is 10.2. The quantitative estimate of drug-likeness (QED) is 0.594. The van der Waals surface area contributed by atoms with E-state index in [0.717, 1.165) is 5.57 Å². The van der Waals surface area contributed by atoms with Crippen molar-refractivity contribution in [1.29, 1.82) is 0 Å². The van der Waals surface area contributed by atoms with Crippen molar-refractivity contribution in [1.82, 2.24) is 5.32 Å². The minimum absolute atomic E-state index is 0.202. The van der Waals surface area contributed by atoms with Crippen LogP contribution in [0.1, 0.15) is 25.0 Å². The molecule has 0 aromatic heterocycles. The molecule has 1 amide bonds. The van der Waals surface area contributed by atoms with E-state index in [-0.39, 0.29) is 5.91 Å². The first-order valence-corrected chi connectivity index (χ1v) is 8.35. The molecule has 0 radical (unpaired) electrons. The Bertz CT molecular complexity index is 609. The molecule has 28 heavy (non-hydrogen) atoms. The third-order valence-electron chi connectivity index (χ3n) is 2.91. The van der Waals surface area contributed by atoms with E-state index in [9.17, 15) is 4.79 Å². The van der Waals surface area contributed by atoms with Crippen LogP contribution in [0.4, 0.5) is 0 Å². The first kappa shape index (κ1) is 29.5. The summed E-state index contributed by atoms with van der Waals surface area (Å²) < 4.78 is 4.87. The molecule has 6 nitrogen and oxygen atoms in total. The number of amides is 1. The number of aryl methyl sites for hydroxylation is 2. The molecule has 0 spiro atoms. The number of hydrogen-bond acceptors (Lipinski definition) is 5. The Morgan fingerprint density at radius 2 is 1.57 bits per heavy atom. The highest BCUT2D eigenvalue weighted by molar-refractivity contribution is 6.43. The fourth-order valence-corrected chi connectivity index (χ4v) is 1.56. The Kier molecular flexibility index (Phi) is 22.9. The van der Waals surface area contributed by atoms with Gasteiger partial charge in [0.25, 0.3) is 5.91 Å². The lowest BCUT2D eigenvalue weighted by Gasteiger charge is -2.04. The highest BCUT2D eigenvalue weighted by Gasteiger charge is 2.05. The Morgan fingerprint density at radius 3 is 1.93 bits per heavy atom. The van der Waals surface area contributed by atoms with Crippen molar-refractivity contribution in [2.45, 2.75) is 27.7 Å². The third-order valence-corrected chi connectivity index (χ3v) is 2.91. The molecule has 0 saturated heterocycles. The number of nitrogens with one attached hydrogen (secondary N) is 1. The van der Waals surface area contributed by atoms with Gasteiger partial charge in [0.15, 0.2) is 0 Å². The molecule has 0 saturated carbocycles. The second-order valence-electron chi connectivity index (χ2n) is 5.21. The topological polar surface area (TPSA) is 84.8 Å². The van der Waals surface area contributed by atoms with E-state index in [0.29, 0.717) is 12.3 Å². The molecular formula is C22H32N2O4. The minimum atomic E-state index is -0.202. The Morgan fingerprint density at radius 1 is 1.11 bits per heavy atom. The fourth-order valence-electron chi connectivity index (χ4n) is 1.56. The van der Waals surface area contributed by atoms with Gasteiger partial charge in [-0.1, -0.05) is 48.0 Å². The first-order chi connectivity index (χ1) is 13.4. The van der Waals surface area contributed by atoms with E-state index in [1.54, 1.807) is 19.2 Å². The van der Waals surface area contributed by atoms with Gasteiger partial charge in [0.05, 0.1) is 12.5 Å². The smallest absolute Gasteiger partial charge is 0.269 e. The number of hydrogen-bond donors (Lipinski definition) is 1. The summed E-state index contributed by atoms with van der Waals surface area (Å²) in [7, 11) is 1.58. The molecule has 0 fully saturated rings. The molecule has 0 aliphatic rings. The lowest BCUT2D eigenvalue weighted by Crippen LogP contribution is -2.31. The van der Waals surface area contributed by atoms with Crippen LogP contribution in [0.5, 0.6) is 0 Å². The number of allylic oxidation sites excluding steroid dienone is 1. The molecule has 0 aliphatic heterocycles. The second kappa shape index (κ2) is 21.8. The van der Waals surface area contributed by atoms with Crippen molar-refractivity contribution in [2.75, 3.05) is 13.6 Å². The maximum absolute atomic E-state index is 11.6.